The van der Waals surface area contributed by atoms with Gasteiger partial charge in [-0.2, -0.15) is 0 Å². The molecule has 0 saturated carbocycles. The Balaban J connectivity index is 2.14. The van der Waals surface area contributed by atoms with Gasteiger partial charge in [0.25, 0.3) is 0 Å². The third-order valence-corrected chi connectivity index (χ3v) is 3.52. The number of ether oxygens (including phenoxy) is 2. The van der Waals surface area contributed by atoms with E-state index in [-0.39, 0.29) is 6.79 Å². The Morgan fingerprint density at radius 3 is 2.74 bits per heavy atom. The van der Waals surface area contributed by atoms with Crippen LogP contribution in [0.3, 0.4) is 0 Å². The van der Waals surface area contributed by atoms with E-state index in [0.29, 0.717) is 0 Å². The second kappa shape index (κ2) is 6.31. The maximum absolute atomic E-state index is 5.40. The summed E-state index contributed by atoms with van der Waals surface area (Å²) in [5.41, 5.74) is 2.72. The first-order chi connectivity index (χ1) is 9.11. The summed E-state index contributed by atoms with van der Waals surface area (Å²) in [5.74, 6) is 1.51. The number of rotatable bonds is 6. The van der Waals surface area contributed by atoms with Gasteiger partial charge in [0.1, 0.15) is 0 Å². The molecular weight excluding hydrogens is 414 g/mol. The molecule has 0 unspecified atom stereocenters. The molecule has 0 atom stereocenters. The normalized spacial score (nSPS) is 12.6. The van der Waals surface area contributed by atoms with E-state index in [4.69, 9.17) is 9.47 Å². The van der Waals surface area contributed by atoms with E-state index < -0.39 is 0 Å². The van der Waals surface area contributed by atoms with Gasteiger partial charge in [-0.15, -0.1) is 0 Å². The molecule has 1 N–H and O–H groups in total. The van der Waals surface area contributed by atoms with E-state index >= 15 is 0 Å². The van der Waals surface area contributed by atoms with E-state index in [1.807, 2.05) is 26.2 Å². The zero-order chi connectivity index (χ0) is 13.8. The van der Waals surface area contributed by atoms with Crippen LogP contribution in [-0.2, 0) is 19.6 Å². The Bertz CT molecular complexity index is 503. The van der Waals surface area contributed by atoms with Crippen molar-refractivity contribution in [2.24, 2.45) is 3.50 Å². The molecule has 0 aromatic heterocycles. The van der Waals surface area contributed by atoms with Crippen molar-refractivity contribution < 1.29 is 29.1 Å². The van der Waals surface area contributed by atoms with Gasteiger partial charge in [0.15, 0.2) is 0 Å². The molecule has 0 amide bonds. The summed E-state index contributed by atoms with van der Waals surface area (Å²) >= 11 is 1.15. The number of nitrogens with one attached hydrogen (secondary N) is 1. The second-order valence-electron chi connectivity index (χ2n) is 4.52. The first-order valence-electron chi connectivity index (χ1n) is 5.96. The van der Waals surface area contributed by atoms with Gasteiger partial charge in [-0.1, -0.05) is 0 Å². The molecule has 0 bridgehead atoms. The fourth-order valence-electron chi connectivity index (χ4n) is 1.77. The van der Waals surface area contributed by atoms with E-state index in [1.165, 1.54) is 0 Å². The van der Waals surface area contributed by atoms with Gasteiger partial charge in [0, 0.05) is 0 Å². The monoisotopic (exact) mass is 431 g/mol. The summed E-state index contributed by atoms with van der Waals surface area (Å²) in [5, 5.41) is 3.31. The minimum absolute atomic E-state index is 0.273. The van der Waals surface area contributed by atoms with Gasteiger partial charge in [-0.05, 0) is 0 Å². The van der Waals surface area contributed by atoms with Gasteiger partial charge in [0.05, 0.1) is 0 Å². The molecule has 0 spiro atoms. The topological polar surface area (TPSA) is 46.1 Å². The van der Waals surface area contributed by atoms with Crippen molar-refractivity contribution in [2.45, 2.75) is 0 Å². The van der Waals surface area contributed by atoms with Crippen molar-refractivity contribution in [3.63, 3.8) is 0 Å². The van der Waals surface area contributed by atoms with Gasteiger partial charge in [0.2, 0.25) is 0 Å². The summed E-state index contributed by atoms with van der Waals surface area (Å²) < 4.78 is 15.1. The predicted octanol–water partition coefficient (Wildman–Crippen LogP) is 1.90. The molecule has 1 aliphatic heterocycles. The Labute approximate surface area is 124 Å². The third kappa shape index (κ3) is 3.42. The Morgan fingerprint density at radius 1 is 1.42 bits per heavy atom. The maximum atomic E-state index is 5.40. The van der Waals surface area contributed by atoms with Crippen LogP contribution in [0.1, 0.15) is 5.56 Å². The van der Waals surface area contributed by atoms with Crippen LogP contribution in [-0.4, -0.2) is 38.9 Å². The summed E-state index contributed by atoms with van der Waals surface area (Å²) in [4.78, 5) is 2.12. The molecule has 1 heterocycles. The van der Waals surface area contributed by atoms with Crippen LogP contribution in [0.15, 0.2) is 22.2 Å². The fraction of sp³-hybridized carbons (Fsp3) is 0.385. The molecule has 5 nitrogen and oxygen atoms in total. The second-order valence-corrected chi connectivity index (χ2v) is 5.18. The summed E-state index contributed by atoms with van der Waals surface area (Å²) in [7, 11) is 4.09. The zero-order valence-electron chi connectivity index (χ0n) is 11.1. The SMILES string of the molecule is C=C(NCCN(C)C)c1cc2c(cc1[N]=[W])OCO2. The molecule has 1 aliphatic rings. The molecule has 0 saturated heterocycles. The Hall–Kier alpha value is -1.19. The summed E-state index contributed by atoms with van der Waals surface area (Å²) in [6.45, 7) is 6.15. The van der Waals surface area contributed by atoms with Crippen LogP contribution in [0.4, 0.5) is 5.69 Å². The van der Waals surface area contributed by atoms with Crippen molar-refractivity contribution in [1.29, 1.82) is 0 Å². The third-order valence-electron chi connectivity index (χ3n) is 2.81. The number of likely N-dealkylation sites (N-methyl/N-ethyl adjacent to an activating group) is 1. The predicted molar refractivity (Wildman–Crippen MR) is 70.2 cm³/mol. The van der Waals surface area contributed by atoms with Crippen LogP contribution in [0.25, 0.3) is 5.70 Å². The molecular formula is C13H17N3O2W. The minimum atomic E-state index is 0.273. The number of hydrogen-bond donors (Lipinski definition) is 1. The van der Waals surface area contributed by atoms with E-state index in [0.717, 1.165) is 61.2 Å². The number of hydrogen-bond acceptors (Lipinski definition) is 5. The molecule has 2 rings (SSSR count). The van der Waals surface area contributed by atoms with E-state index in [1.54, 1.807) is 0 Å². The summed E-state index contributed by atoms with van der Waals surface area (Å²) in [6.07, 6.45) is 0. The molecule has 19 heavy (non-hydrogen) atoms. The average Bonchev–Trinajstić information content (AvgIpc) is 2.83. The van der Waals surface area contributed by atoms with Crippen LogP contribution in [0.5, 0.6) is 11.5 Å². The Morgan fingerprint density at radius 2 is 2.11 bits per heavy atom. The number of nitrogens with zero attached hydrogens (tertiary/aromatic N) is 2. The van der Waals surface area contributed by atoms with Gasteiger partial charge in [-0.3, -0.25) is 0 Å². The van der Waals surface area contributed by atoms with E-state index in [9.17, 15) is 0 Å². The molecule has 0 aliphatic carbocycles. The van der Waals surface area contributed by atoms with Gasteiger partial charge >= 0.3 is 124 Å². The quantitative estimate of drug-likeness (QED) is 0.748. The molecule has 102 valence electrons. The molecule has 1 aromatic rings. The van der Waals surface area contributed by atoms with Gasteiger partial charge in [-0.25, -0.2) is 0 Å². The standard InChI is InChI=1S/C13H17N3O2.W/c1-9(15-4-5-16(2)3)10-6-12-13(7-11(10)14)18-8-17-12;/h6-7,15H,1,4-5,8H2,2-3H3;. The summed E-state index contributed by atoms with van der Waals surface area (Å²) in [6, 6.07) is 3.85. The fourth-order valence-corrected chi connectivity index (χ4v) is 2.32. The first kappa shape index (κ1) is 14.2. The van der Waals surface area contributed by atoms with Crippen molar-refractivity contribution in [2.75, 3.05) is 34.0 Å². The van der Waals surface area contributed by atoms with Crippen molar-refractivity contribution in [1.82, 2.24) is 10.2 Å². The van der Waals surface area contributed by atoms with Crippen LogP contribution in [0.2, 0.25) is 0 Å². The molecule has 6 heteroatoms. The Kier molecular flexibility index (Phi) is 4.72. The van der Waals surface area contributed by atoms with Crippen molar-refractivity contribution in [3.8, 4) is 11.5 Å². The van der Waals surface area contributed by atoms with Gasteiger partial charge < -0.3 is 0 Å². The number of fused-ring (bicyclic) bond motifs is 1. The average molecular weight is 431 g/mol. The molecule has 1 aromatic carbocycles. The first-order valence-corrected chi connectivity index (χ1v) is 7.28. The number of benzene rings is 1. The van der Waals surface area contributed by atoms with Crippen LogP contribution >= 0.6 is 0 Å². The van der Waals surface area contributed by atoms with Crippen molar-refractivity contribution >= 4 is 11.4 Å². The van der Waals surface area contributed by atoms with Crippen molar-refractivity contribution in [3.05, 3.63) is 24.3 Å². The molecule has 0 radical (unpaired) electrons. The van der Waals surface area contributed by atoms with Crippen LogP contribution < -0.4 is 14.8 Å². The molecule has 0 fully saturated rings. The zero-order valence-corrected chi connectivity index (χ0v) is 14.0. The van der Waals surface area contributed by atoms with Crippen LogP contribution in [0, 0.1) is 0 Å². The van der Waals surface area contributed by atoms with E-state index in [2.05, 4.69) is 20.3 Å².